The molecular weight excluding hydrogens is 496 g/mol. The van der Waals surface area contributed by atoms with Gasteiger partial charge in [0.1, 0.15) is 23.9 Å². The molecule has 0 heterocycles. The number of nitrogens with one attached hydrogen (secondary N) is 1. The number of ether oxygens (including phenoxy) is 3. The lowest BCUT2D eigenvalue weighted by Gasteiger charge is -2.12. The minimum atomic E-state index is -0.371. The molecule has 0 aliphatic heterocycles. The lowest BCUT2D eigenvalue weighted by Crippen LogP contribution is -2.24. The number of hydrazone groups is 1. The van der Waals surface area contributed by atoms with Crippen LogP contribution in [0.5, 0.6) is 17.2 Å². The highest BCUT2D eigenvalue weighted by Gasteiger charge is 2.09. The Bertz CT molecular complexity index is 1310. The van der Waals surface area contributed by atoms with Crippen molar-refractivity contribution in [2.45, 2.75) is 6.61 Å². The molecule has 0 aliphatic carbocycles. The quantitative estimate of drug-likeness (QED) is 0.227. The van der Waals surface area contributed by atoms with E-state index in [0.29, 0.717) is 18.1 Å². The third-order valence-corrected chi connectivity index (χ3v) is 5.52. The van der Waals surface area contributed by atoms with Crippen LogP contribution in [0.4, 0.5) is 0 Å². The van der Waals surface area contributed by atoms with E-state index in [9.17, 15) is 4.79 Å². The average molecular weight is 519 g/mol. The largest absolute Gasteiger partial charge is 0.497 e. The highest BCUT2D eigenvalue weighted by Crippen LogP contribution is 2.27. The lowest BCUT2D eigenvalue weighted by atomic mass is 10.0. The molecule has 172 valence electrons. The van der Waals surface area contributed by atoms with Gasteiger partial charge >= 0.3 is 0 Å². The van der Waals surface area contributed by atoms with Gasteiger partial charge in [0.25, 0.3) is 5.91 Å². The van der Waals surface area contributed by atoms with Crippen LogP contribution in [-0.2, 0) is 11.4 Å². The van der Waals surface area contributed by atoms with E-state index in [4.69, 9.17) is 14.2 Å². The summed E-state index contributed by atoms with van der Waals surface area (Å²) in [6.45, 7) is 0.242. The van der Waals surface area contributed by atoms with Gasteiger partial charge < -0.3 is 14.2 Å². The molecule has 1 amide bonds. The minimum Gasteiger partial charge on any atom is -0.497 e. The maximum atomic E-state index is 12.2. The van der Waals surface area contributed by atoms with Gasteiger partial charge in [-0.1, -0.05) is 58.4 Å². The summed E-state index contributed by atoms with van der Waals surface area (Å²) in [5.74, 6) is 1.58. The van der Waals surface area contributed by atoms with Gasteiger partial charge in [0.05, 0.1) is 13.3 Å². The van der Waals surface area contributed by atoms with Crippen LogP contribution in [0.3, 0.4) is 0 Å². The van der Waals surface area contributed by atoms with Gasteiger partial charge in [0.2, 0.25) is 0 Å². The topological polar surface area (TPSA) is 69.2 Å². The molecule has 0 saturated carbocycles. The number of fused-ring (bicyclic) bond motifs is 1. The Hall–Kier alpha value is -3.84. The Kier molecular flexibility index (Phi) is 7.78. The first-order valence-corrected chi connectivity index (χ1v) is 11.4. The fourth-order valence-electron chi connectivity index (χ4n) is 3.34. The second-order valence-electron chi connectivity index (χ2n) is 7.37. The van der Waals surface area contributed by atoms with Crippen LogP contribution in [-0.4, -0.2) is 25.8 Å². The van der Waals surface area contributed by atoms with Crippen LogP contribution >= 0.6 is 15.9 Å². The molecular formula is C27H23BrN2O4. The Morgan fingerprint density at radius 3 is 2.53 bits per heavy atom. The zero-order valence-corrected chi connectivity index (χ0v) is 20.1. The van der Waals surface area contributed by atoms with Crippen molar-refractivity contribution in [3.05, 3.63) is 101 Å². The van der Waals surface area contributed by atoms with Crippen molar-refractivity contribution in [1.29, 1.82) is 0 Å². The van der Waals surface area contributed by atoms with Gasteiger partial charge in [-0.25, -0.2) is 5.43 Å². The van der Waals surface area contributed by atoms with E-state index < -0.39 is 0 Å². The number of carbonyl (C=O) groups excluding carboxylic acids is 1. The van der Waals surface area contributed by atoms with E-state index in [1.807, 2.05) is 60.7 Å². The molecule has 4 aromatic rings. The molecule has 0 bridgehead atoms. The number of carbonyl (C=O) groups is 1. The van der Waals surface area contributed by atoms with Crippen molar-refractivity contribution in [2.75, 3.05) is 13.7 Å². The first-order chi connectivity index (χ1) is 16.6. The molecule has 0 unspecified atom stereocenters. The van der Waals surface area contributed by atoms with Crippen molar-refractivity contribution < 1.29 is 19.0 Å². The van der Waals surface area contributed by atoms with Crippen molar-refractivity contribution in [3.63, 3.8) is 0 Å². The summed E-state index contributed by atoms with van der Waals surface area (Å²) in [5, 5.41) is 6.17. The molecule has 0 aliphatic rings. The van der Waals surface area contributed by atoms with Gasteiger partial charge in [0, 0.05) is 10.0 Å². The van der Waals surface area contributed by atoms with E-state index in [1.165, 1.54) is 0 Å². The van der Waals surface area contributed by atoms with E-state index in [-0.39, 0.29) is 12.5 Å². The maximum absolute atomic E-state index is 12.2. The molecule has 0 aromatic heterocycles. The molecule has 0 fully saturated rings. The molecule has 1 N–H and O–H groups in total. The van der Waals surface area contributed by atoms with Crippen LogP contribution in [0.1, 0.15) is 11.1 Å². The van der Waals surface area contributed by atoms with Crippen LogP contribution in [0.2, 0.25) is 0 Å². The van der Waals surface area contributed by atoms with Gasteiger partial charge in [-0.3, -0.25) is 4.79 Å². The molecule has 4 aromatic carbocycles. The van der Waals surface area contributed by atoms with Crippen molar-refractivity contribution in [1.82, 2.24) is 5.43 Å². The number of amides is 1. The van der Waals surface area contributed by atoms with Gasteiger partial charge in [-0.15, -0.1) is 0 Å². The van der Waals surface area contributed by atoms with Crippen molar-refractivity contribution in [3.8, 4) is 17.2 Å². The summed E-state index contributed by atoms with van der Waals surface area (Å²) in [7, 11) is 1.59. The third kappa shape index (κ3) is 6.14. The summed E-state index contributed by atoms with van der Waals surface area (Å²) >= 11 is 3.48. The summed E-state index contributed by atoms with van der Waals surface area (Å²) in [5.41, 5.74) is 4.33. The van der Waals surface area contributed by atoms with E-state index in [2.05, 4.69) is 26.5 Å². The molecule has 6 nitrogen and oxygen atoms in total. The minimum absolute atomic E-state index is 0.161. The molecule has 4 rings (SSSR count). The molecule has 34 heavy (non-hydrogen) atoms. The number of hydrogen-bond acceptors (Lipinski definition) is 5. The lowest BCUT2D eigenvalue weighted by molar-refractivity contribution is -0.123. The number of halogens is 1. The van der Waals surface area contributed by atoms with Gasteiger partial charge in [-0.05, 0) is 58.8 Å². The van der Waals surface area contributed by atoms with Gasteiger partial charge in [-0.2, -0.15) is 5.10 Å². The highest BCUT2D eigenvalue weighted by atomic mass is 79.9. The van der Waals surface area contributed by atoms with Crippen molar-refractivity contribution >= 4 is 38.8 Å². The predicted molar refractivity (Wildman–Crippen MR) is 137 cm³/mol. The molecule has 0 spiro atoms. The van der Waals surface area contributed by atoms with E-state index >= 15 is 0 Å². The first kappa shape index (κ1) is 23.3. The van der Waals surface area contributed by atoms with Gasteiger partial charge in [0.15, 0.2) is 6.61 Å². The molecule has 0 radical (unpaired) electrons. The van der Waals surface area contributed by atoms with E-state index in [1.54, 1.807) is 37.6 Å². The predicted octanol–water partition coefficient (Wildman–Crippen LogP) is 5.72. The number of nitrogens with zero attached hydrogens (tertiary/aromatic N) is 1. The fraction of sp³-hybridized carbons (Fsp3) is 0.111. The Morgan fingerprint density at radius 2 is 1.74 bits per heavy atom. The summed E-state index contributed by atoms with van der Waals surface area (Å²) in [4.78, 5) is 12.2. The molecule has 0 saturated heterocycles. The molecule has 7 heteroatoms. The summed E-state index contributed by atoms with van der Waals surface area (Å²) < 4.78 is 17.7. The Morgan fingerprint density at radius 1 is 0.941 bits per heavy atom. The highest BCUT2D eigenvalue weighted by molar-refractivity contribution is 9.10. The second kappa shape index (κ2) is 11.3. The third-order valence-electron chi connectivity index (χ3n) is 5.03. The number of rotatable bonds is 9. The number of methoxy groups -OCH3 is 1. The van der Waals surface area contributed by atoms with Crippen molar-refractivity contribution in [2.24, 2.45) is 5.10 Å². The standard InChI is InChI=1S/C27H23BrN2O4/c1-32-22-10-12-23(13-11-22)33-18-27(31)30-29-16-25-24-8-3-2-6-20(24)9-14-26(25)34-17-19-5-4-7-21(28)15-19/h2-16H,17-18H2,1H3,(H,30,31)/b29-16+. The van der Waals surface area contributed by atoms with Crippen LogP contribution in [0.15, 0.2) is 94.5 Å². The number of hydrogen-bond donors (Lipinski definition) is 1. The first-order valence-electron chi connectivity index (χ1n) is 10.6. The van der Waals surface area contributed by atoms with Crippen LogP contribution in [0, 0.1) is 0 Å². The summed E-state index contributed by atoms with van der Waals surface area (Å²) in [6.07, 6.45) is 1.60. The van der Waals surface area contributed by atoms with E-state index in [0.717, 1.165) is 32.1 Å². The maximum Gasteiger partial charge on any atom is 0.277 e. The smallest absolute Gasteiger partial charge is 0.277 e. The summed E-state index contributed by atoms with van der Waals surface area (Å²) in [6, 6.07) is 26.8. The SMILES string of the molecule is COc1ccc(OCC(=O)N/N=C/c2c(OCc3cccc(Br)c3)ccc3ccccc23)cc1. The normalized spacial score (nSPS) is 10.9. The zero-order chi connectivity index (χ0) is 23.8. The Labute approximate surface area is 206 Å². The Balaban J connectivity index is 1.44. The molecule has 0 atom stereocenters. The monoisotopic (exact) mass is 518 g/mol. The van der Waals surface area contributed by atoms with Crippen LogP contribution in [0.25, 0.3) is 10.8 Å². The zero-order valence-electron chi connectivity index (χ0n) is 18.5. The second-order valence-corrected chi connectivity index (χ2v) is 8.29. The number of benzene rings is 4. The fourth-order valence-corrected chi connectivity index (χ4v) is 3.79. The average Bonchev–Trinajstić information content (AvgIpc) is 2.87. The van der Waals surface area contributed by atoms with Crippen LogP contribution < -0.4 is 19.6 Å².